The Bertz CT molecular complexity index is 1020. The molecule has 0 aliphatic carbocycles. The number of aliphatic imine (C=N–C) groups is 1. The van der Waals surface area contributed by atoms with Gasteiger partial charge in [-0.05, 0) is 51.3 Å². The molecule has 1 aromatic rings. The van der Waals surface area contributed by atoms with Crippen molar-refractivity contribution in [3.63, 3.8) is 0 Å². The summed E-state index contributed by atoms with van der Waals surface area (Å²) in [6.07, 6.45) is 8.53. The Morgan fingerprint density at radius 1 is 1.03 bits per heavy atom. The molecule has 0 fully saturated rings. The van der Waals surface area contributed by atoms with Gasteiger partial charge in [0.25, 0.3) is 0 Å². The molecular weight excluding hydrogens is 492 g/mol. The minimum absolute atomic E-state index is 0.0700. The van der Waals surface area contributed by atoms with Gasteiger partial charge in [-0.2, -0.15) is 8.42 Å². The number of hydrogen-bond acceptors (Lipinski definition) is 7. The van der Waals surface area contributed by atoms with Crippen LogP contribution in [0.2, 0.25) is 0 Å². The maximum Gasteiger partial charge on any atom is 0.345 e. The molecule has 10 heteroatoms. The zero-order chi connectivity index (χ0) is 27.5. The first-order valence-corrected chi connectivity index (χ1v) is 14.8. The van der Waals surface area contributed by atoms with E-state index in [1.54, 1.807) is 32.9 Å². The van der Waals surface area contributed by atoms with Crippen LogP contribution < -0.4 is 4.72 Å². The molecule has 0 radical (unpaired) electrons. The normalized spacial score (nSPS) is 16.8. The summed E-state index contributed by atoms with van der Waals surface area (Å²) in [5.74, 6) is -0.118. The third-order valence-electron chi connectivity index (χ3n) is 5.84. The monoisotopic (exact) mass is 536 g/mol. The third-order valence-corrected chi connectivity index (χ3v) is 6.70. The fourth-order valence-corrected chi connectivity index (χ4v) is 4.85. The number of unbranched alkanes of at least 4 members (excludes halogenated alkanes) is 6. The predicted molar refractivity (Wildman–Crippen MR) is 148 cm³/mol. The molecule has 1 aromatic carbocycles. The van der Waals surface area contributed by atoms with E-state index >= 15 is 0 Å². The number of carbonyl (C=O) groups is 1. The number of aromatic hydroxyl groups is 1. The molecule has 0 amide bonds. The Morgan fingerprint density at radius 3 is 2.11 bits per heavy atom. The summed E-state index contributed by atoms with van der Waals surface area (Å²) < 4.78 is 37.1. The Kier molecular flexibility index (Phi) is 11.9. The molecular formula is C27H44N4O5S. The lowest BCUT2D eigenvalue weighted by atomic mass is 10.1. The van der Waals surface area contributed by atoms with Crippen molar-refractivity contribution in [2.75, 3.05) is 13.1 Å². The Balaban J connectivity index is 2.38. The van der Waals surface area contributed by atoms with Crippen LogP contribution in [0.15, 0.2) is 33.7 Å². The van der Waals surface area contributed by atoms with Gasteiger partial charge in [-0.25, -0.2) is 14.5 Å². The quantitative estimate of drug-likeness (QED) is 0.261. The van der Waals surface area contributed by atoms with Crippen LogP contribution in [0.25, 0.3) is 0 Å². The molecule has 2 N–H and O–H groups in total. The number of phenols is 1. The molecule has 0 bridgehead atoms. The van der Waals surface area contributed by atoms with E-state index in [9.17, 15) is 18.3 Å². The van der Waals surface area contributed by atoms with Crippen LogP contribution in [0.5, 0.6) is 5.75 Å². The first kappa shape index (κ1) is 30.6. The highest BCUT2D eigenvalue weighted by Gasteiger charge is 2.33. The number of nitrogens with zero attached hydrogens (tertiary/aromatic N) is 3. The van der Waals surface area contributed by atoms with Gasteiger partial charge >= 0.3 is 16.2 Å². The molecule has 0 saturated carbocycles. The molecule has 1 atom stereocenters. The van der Waals surface area contributed by atoms with Crippen LogP contribution in [0.4, 0.5) is 0 Å². The first-order valence-electron chi connectivity index (χ1n) is 13.4. The number of rotatable bonds is 14. The summed E-state index contributed by atoms with van der Waals surface area (Å²) in [5.41, 5.74) is 0.0228. The van der Waals surface area contributed by atoms with E-state index in [0.717, 1.165) is 56.9 Å². The van der Waals surface area contributed by atoms with E-state index in [1.807, 2.05) is 4.90 Å². The van der Waals surface area contributed by atoms with Crippen LogP contribution in [-0.2, 0) is 26.2 Å². The van der Waals surface area contributed by atoms with Crippen molar-refractivity contribution in [3.8, 4) is 5.75 Å². The zero-order valence-electron chi connectivity index (χ0n) is 23.0. The summed E-state index contributed by atoms with van der Waals surface area (Å²) in [4.78, 5) is 19.7. The van der Waals surface area contributed by atoms with Gasteiger partial charge in [-0.1, -0.05) is 64.5 Å². The Hall–Kier alpha value is -2.62. The predicted octanol–water partition coefficient (Wildman–Crippen LogP) is 4.75. The van der Waals surface area contributed by atoms with Crippen LogP contribution in [0.1, 0.15) is 91.5 Å². The van der Waals surface area contributed by atoms with Crippen LogP contribution in [0, 0.1) is 0 Å². The van der Waals surface area contributed by atoms with Crippen LogP contribution in [-0.4, -0.2) is 60.8 Å². The minimum Gasteiger partial charge on any atom is -0.508 e. The molecule has 0 spiro atoms. The molecule has 208 valence electrons. The van der Waals surface area contributed by atoms with Gasteiger partial charge in [0, 0.05) is 19.5 Å². The van der Waals surface area contributed by atoms with Crippen LogP contribution in [0.3, 0.4) is 0 Å². The van der Waals surface area contributed by atoms with E-state index in [1.165, 1.54) is 12.1 Å². The van der Waals surface area contributed by atoms with Crippen molar-refractivity contribution < 1.29 is 23.1 Å². The van der Waals surface area contributed by atoms with Crippen molar-refractivity contribution in [2.45, 2.75) is 104 Å². The maximum atomic E-state index is 13.1. The van der Waals surface area contributed by atoms with Crippen molar-refractivity contribution in [3.05, 3.63) is 29.8 Å². The molecule has 1 unspecified atom stereocenters. The van der Waals surface area contributed by atoms with Gasteiger partial charge in [0.05, 0.1) is 0 Å². The summed E-state index contributed by atoms with van der Waals surface area (Å²) in [6.45, 7) is 10.9. The van der Waals surface area contributed by atoms with Gasteiger partial charge in [0.2, 0.25) is 0 Å². The van der Waals surface area contributed by atoms with E-state index in [-0.39, 0.29) is 23.8 Å². The van der Waals surface area contributed by atoms with Gasteiger partial charge in [-0.15, -0.1) is 4.40 Å². The number of carbonyl (C=O) groups excluding carboxylic acids is 1. The summed E-state index contributed by atoms with van der Waals surface area (Å²) in [6, 6.07) is 5.48. The average molecular weight is 537 g/mol. The van der Waals surface area contributed by atoms with E-state index in [2.05, 4.69) is 28.0 Å². The highest BCUT2D eigenvalue weighted by atomic mass is 32.2. The molecule has 1 aliphatic rings. The number of hydrogen-bond donors (Lipinski definition) is 2. The maximum absolute atomic E-state index is 13.1. The molecule has 1 aliphatic heterocycles. The van der Waals surface area contributed by atoms with Gasteiger partial charge in [0.15, 0.2) is 17.7 Å². The fourth-order valence-electron chi connectivity index (χ4n) is 3.98. The van der Waals surface area contributed by atoms with Crippen molar-refractivity contribution in [2.24, 2.45) is 9.39 Å². The van der Waals surface area contributed by atoms with E-state index in [4.69, 9.17) is 4.74 Å². The van der Waals surface area contributed by atoms with Crippen LogP contribution >= 0.6 is 0 Å². The summed E-state index contributed by atoms with van der Waals surface area (Å²) >= 11 is 0. The second-order valence-electron chi connectivity index (χ2n) is 10.5. The molecule has 2 rings (SSSR count). The second-order valence-corrected chi connectivity index (χ2v) is 11.8. The lowest BCUT2D eigenvalue weighted by Gasteiger charge is -2.25. The minimum atomic E-state index is -3.96. The smallest absolute Gasteiger partial charge is 0.345 e. The third kappa shape index (κ3) is 11.1. The number of benzene rings is 1. The summed E-state index contributed by atoms with van der Waals surface area (Å²) in [7, 11) is -3.96. The second kappa shape index (κ2) is 14.4. The SMILES string of the molecule is CCCCCCN(CCCCCC)C1=NS(=O)(=O)NC1=NC(Cc1ccc(O)cc1)C(=O)OC(C)(C)C. The number of nitrogens with one attached hydrogen (secondary N) is 1. The number of ether oxygens (including phenoxy) is 1. The highest BCUT2D eigenvalue weighted by molar-refractivity contribution is 7.89. The highest BCUT2D eigenvalue weighted by Crippen LogP contribution is 2.18. The average Bonchev–Trinajstić information content (AvgIpc) is 3.11. The molecule has 9 nitrogen and oxygen atoms in total. The van der Waals surface area contributed by atoms with Crippen molar-refractivity contribution in [1.82, 2.24) is 9.62 Å². The Morgan fingerprint density at radius 2 is 1.59 bits per heavy atom. The fraction of sp³-hybridized carbons (Fsp3) is 0.667. The van der Waals surface area contributed by atoms with Gasteiger partial charge < -0.3 is 14.7 Å². The van der Waals surface area contributed by atoms with Gasteiger partial charge in [0.1, 0.15) is 11.4 Å². The molecule has 1 heterocycles. The Labute approximate surface area is 222 Å². The van der Waals surface area contributed by atoms with Crippen molar-refractivity contribution >= 4 is 27.8 Å². The van der Waals surface area contributed by atoms with Gasteiger partial charge in [-0.3, -0.25) is 0 Å². The number of phenolic OH excluding ortho intramolecular Hbond substituents is 1. The standard InChI is InChI=1S/C27H44N4O5S/c1-6-8-10-12-18-31(19-13-11-9-7-2)25-24(29-37(34,35)30-25)28-23(26(33)36-27(3,4)5)20-21-14-16-22(32)17-15-21/h14-17,23,32H,6-13,18-20H2,1-5H3,(H,28,29). The summed E-state index contributed by atoms with van der Waals surface area (Å²) in [5, 5.41) is 9.63. The molecule has 37 heavy (non-hydrogen) atoms. The topological polar surface area (TPSA) is 121 Å². The lowest BCUT2D eigenvalue weighted by molar-refractivity contribution is -0.156. The van der Waals surface area contributed by atoms with E-state index < -0.39 is 27.8 Å². The number of amidine groups is 2. The van der Waals surface area contributed by atoms with E-state index in [0.29, 0.717) is 13.1 Å². The lowest BCUT2D eigenvalue weighted by Crippen LogP contribution is -2.42. The molecule has 0 aromatic heterocycles. The first-order chi connectivity index (χ1) is 17.4. The number of esters is 1. The molecule has 0 saturated heterocycles. The zero-order valence-corrected chi connectivity index (χ0v) is 23.8. The van der Waals surface area contributed by atoms with Crippen molar-refractivity contribution in [1.29, 1.82) is 0 Å². The largest absolute Gasteiger partial charge is 0.508 e.